The summed E-state index contributed by atoms with van der Waals surface area (Å²) in [5, 5.41) is 19.0. The molecule has 2 aromatic rings. The van der Waals surface area contributed by atoms with Gasteiger partial charge >= 0.3 is 7.82 Å². The van der Waals surface area contributed by atoms with E-state index in [1.165, 1.54) is 148 Å². The number of unbranched alkanes of at least 4 members (excludes halogenated alkanes) is 25. The van der Waals surface area contributed by atoms with Gasteiger partial charge in [0, 0.05) is 0 Å². The van der Waals surface area contributed by atoms with E-state index in [1.54, 1.807) is 48.5 Å². The summed E-state index contributed by atoms with van der Waals surface area (Å²) in [6.07, 6.45) is 35.3. The highest BCUT2D eigenvalue weighted by atomic mass is 31.2. The first kappa shape index (κ1) is 43.3. The van der Waals surface area contributed by atoms with E-state index >= 15 is 0 Å². The Labute approximate surface area is 300 Å². The lowest BCUT2D eigenvalue weighted by atomic mass is 10.0. The van der Waals surface area contributed by atoms with E-state index in [4.69, 9.17) is 13.6 Å². The molecule has 49 heavy (non-hydrogen) atoms. The smallest absolute Gasteiger partial charge is 0.475 e. The van der Waals surface area contributed by atoms with Crippen LogP contribution in [0.1, 0.15) is 185 Å². The molecule has 2 N–H and O–H groups in total. The summed E-state index contributed by atoms with van der Waals surface area (Å²) in [6.45, 7) is 2.70. The second-order valence-corrected chi connectivity index (χ2v) is 15.7. The minimum atomic E-state index is -3.80. The predicted octanol–water partition coefficient (Wildman–Crippen LogP) is 14.1. The van der Waals surface area contributed by atoms with Gasteiger partial charge in [-0.05, 0) is 41.8 Å². The van der Waals surface area contributed by atoms with Gasteiger partial charge < -0.3 is 10.2 Å². The summed E-state index contributed by atoms with van der Waals surface area (Å²) in [4.78, 5) is 0. The molecule has 0 unspecified atom stereocenters. The lowest BCUT2D eigenvalue weighted by molar-refractivity contribution is 0.101. The molecule has 0 heterocycles. The van der Waals surface area contributed by atoms with Crippen molar-refractivity contribution < 1.29 is 28.3 Å². The van der Waals surface area contributed by atoms with Crippen molar-refractivity contribution in [2.45, 2.75) is 187 Å². The van der Waals surface area contributed by atoms with E-state index in [9.17, 15) is 14.8 Å². The molecule has 0 bridgehead atoms. The fourth-order valence-corrected chi connectivity index (χ4v) is 7.39. The zero-order valence-electron chi connectivity index (χ0n) is 31.1. The molecule has 0 radical (unpaired) electrons. The molecule has 0 spiro atoms. The lowest BCUT2D eigenvalue weighted by Crippen LogP contribution is -2.03. The van der Waals surface area contributed by atoms with Crippen molar-refractivity contribution in [3.63, 3.8) is 0 Å². The van der Waals surface area contributed by atoms with Gasteiger partial charge in [-0.15, -0.1) is 0 Å². The molecular weight excluding hydrogens is 631 g/mol. The van der Waals surface area contributed by atoms with Crippen molar-refractivity contribution in [2.24, 2.45) is 0 Å². The number of benzene rings is 2. The van der Waals surface area contributed by atoms with E-state index in [1.807, 2.05) is 0 Å². The van der Waals surface area contributed by atoms with Crippen LogP contribution in [0.4, 0.5) is 0 Å². The number of hydrogen-bond acceptors (Lipinski definition) is 6. The molecule has 0 saturated heterocycles. The van der Waals surface area contributed by atoms with Gasteiger partial charge in [-0.2, -0.15) is 0 Å². The van der Waals surface area contributed by atoms with Gasteiger partial charge in [0.25, 0.3) is 0 Å². The van der Waals surface area contributed by atoms with Gasteiger partial charge in [-0.1, -0.05) is 192 Å². The van der Waals surface area contributed by atoms with Crippen LogP contribution in [0, 0.1) is 0 Å². The first-order chi connectivity index (χ1) is 24.0. The van der Waals surface area contributed by atoms with Crippen LogP contribution in [0.2, 0.25) is 0 Å². The van der Waals surface area contributed by atoms with Crippen molar-refractivity contribution in [1.82, 2.24) is 0 Å². The molecule has 0 aliphatic heterocycles. The van der Waals surface area contributed by atoms with E-state index in [0.717, 1.165) is 30.4 Å². The van der Waals surface area contributed by atoms with Gasteiger partial charge in [-0.25, -0.2) is 4.57 Å². The Bertz CT molecular complexity index is 1000. The third-order valence-corrected chi connectivity index (χ3v) is 10.8. The van der Waals surface area contributed by atoms with Gasteiger partial charge in [-0.3, -0.25) is 13.6 Å². The van der Waals surface area contributed by atoms with Crippen molar-refractivity contribution in [2.75, 3.05) is 6.61 Å². The summed E-state index contributed by atoms with van der Waals surface area (Å²) in [7, 11) is -3.80. The van der Waals surface area contributed by atoms with Crippen LogP contribution in [0.5, 0.6) is 11.5 Å². The van der Waals surface area contributed by atoms with Crippen LogP contribution in [-0.4, -0.2) is 16.8 Å². The Morgan fingerprint density at radius 1 is 0.408 bits per heavy atom. The van der Waals surface area contributed by atoms with Crippen LogP contribution in [0.3, 0.4) is 0 Å². The second kappa shape index (κ2) is 29.8. The molecule has 7 heteroatoms. The zero-order valence-corrected chi connectivity index (χ0v) is 32.0. The minimum absolute atomic E-state index is 0.0483. The molecule has 2 aromatic carbocycles. The maximum absolute atomic E-state index is 13.4. The maximum Gasteiger partial charge on any atom is 0.475 e. The largest absolute Gasteiger partial charge is 0.508 e. The van der Waals surface area contributed by atoms with Gasteiger partial charge in [0.05, 0.1) is 19.8 Å². The van der Waals surface area contributed by atoms with E-state index in [0.29, 0.717) is 6.61 Å². The number of phosphoric acid groups is 1. The maximum atomic E-state index is 13.4. The predicted molar refractivity (Wildman–Crippen MR) is 205 cm³/mol. The SMILES string of the molecule is CCCCCCCCCCCCCCCCCCCCCCCCCCCCOP(=O)(OCc1ccc(O)cc1)OCc1ccc(O)cc1. The molecule has 0 atom stereocenters. The molecular formula is C42H71O6P. The Hall–Kier alpha value is -1.85. The number of rotatable bonds is 34. The monoisotopic (exact) mass is 702 g/mol. The highest BCUT2D eigenvalue weighted by Crippen LogP contribution is 2.51. The van der Waals surface area contributed by atoms with Crippen LogP contribution in [0.15, 0.2) is 48.5 Å². The third-order valence-electron chi connectivity index (χ3n) is 9.40. The van der Waals surface area contributed by atoms with Crippen molar-refractivity contribution >= 4 is 7.82 Å². The van der Waals surface area contributed by atoms with Crippen LogP contribution in [-0.2, 0) is 31.4 Å². The number of aromatic hydroxyl groups is 2. The molecule has 0 saturated carbocycles. The quantitative estimate of drug-likeness (QED) is 0.0558. The highest BCUT2D eigenvalue weighted by molar-refractivity contribution is 7.48. The van der Waals surface area contributed by atoms with Crippen LogP contribution >= 0.6 is 7.82 Å². The van der Waals surface area contributed by atoms with E-state index in [-0.39, 0.29) is 24.7 Å². The molecule has 280 valence electrons. The summed E-state index contributed by atoms with van der Waals surface area (Å²) in [6, 6.07) is 13.1. The molecule has 0 aromatic heterocycles. The average molecular weight is 703 g/mol. The number of phenolic OH excluding ortho intramolecular Hbond substituents is 2. The van der Waals surface area contributed by atoms with Crippen LogP contribution < -0.4 is 0 Å². The Kier molecular flexibility index (Phi) is 26.4. The summed E-state index contributed by atoms with van der Waals surface area (Å²) < 4.78 is 30.3. The Balaban J connectivity index is 1.38. The van der Waals surface area contributed by atoms with Crippen molar-refractivity contribution in [1.29, 1.82) is 0 Å². The van der Waals surface area contributed by atoms with Gasteiger partial charge in [0.1, 0.15) is 11.5 Å². The Morgan fingerprint density at radius 2 is 0.673 bits per heavy atom. The normalized spacial score (nSPS) is 11.8. The van der Waals surface area contributed by atoms with Crippen LogP contribution in [0.25, 0.3) is 0 Å². The topological polar surface area (TPSA) is 85.2 Å². The average Bonchev–Trinajstić information content (AvgIpc) is 3.11. The summed E-state index contributed by atoms with van der Waals surface area (Å²) in [5.41, 5.74) is 1.52. The van der Waals surface area contributed by atoms with Crippen molar-refractivity contribution in [3.8, 4) is 11.5 Å². The van der Waals surface area contributed by atoms with E-state index < -0.39 is 7.82 Å². The highest BCUT2D eigenvalue weighted by Gasteiger charge is 2.27. The van der Waals surface area contributed by atoms with E-state index in [2.05, 4.69) is 6.92 Å². The Morgan fingerprint density at radius 3 is 0.959 bits per heavy atom. The fraction of sp³-hybridized carbons (Fsp3) is 0.714. The molecule has 0 aliphatic rings. The zero-order chi connectivity index (χ0) is 35.1. The van der Waals surface area contributed by atoms with Crippen molar-refractivity contribution in [3.05, 3.63) is 59.7 Å². The number of phenols is 2. The molecule has 2 rings (SSSR count). The molecule has 0 fully saturated rings. The van der Waals surface area contributed by atoms with Gasteiger partial charge in [0.15, 0.2) is 0 Å². The lowest BCUT2D eigenvalue weighted by Gasteiger charge is -2.18. The minimum Gasteiger partial charge on any atom is -0.508 e. The number of phosphoric ester groups is 1. The molecule has 0 aliphatic carbocycles. The second-order valence-electron chi connectivity index (χ2n) is 14.0. The third kappa shape index (κ3) is 24.9. The fourth-order valence-electron chi connectivity index (χ4n) is 6.20. The summed E-state index contributed by atoms with van der Waals surface area (Å²) >= 11 is 0. The molecule has 6 nitrogen and oxygen atoms in total. The molecule has 0 amide bonds. The van der Waals surface area contributed by atoms with Gasteiger partial charge in [0.2, 0.25) is 0 Å². The first-order valence-electron chi connectivity index (χ1n) is 20.1. The standard InChI is InChI=1S/C42H71O6P/c1-2-3-4-5-6-7-8-9-10-11-12-13-14-15-16-17-18-19-20-21-22-23-24-25-26-27-36-46-49(45,47-37-39-28-32-41(43)33-29-39)48-38-40-30-34-42(44)35-31-40/h28-35,43-44H,2-27,36-38H2,1H3. The first-order valence-corrected chi connectivity index (χ1v) is 21.6. The number of hydrogen-bond donors (Lipinski definition) is 2. The summed E-state index contributed by atoms with van der Waals surface area (Å²) in [5.74, 6) is 0.319.